The van der Waals surface area contributed by atoms with Crippen molar-refractivity contribution in [3.8, 4) is 5.75 Å². The van der Waals surface area contributed by atoms with Gasteiger partial charge in [0, 0.05) is 17.6 Å². The third-order valence-corrected chi connectivity index (χ3v) is 6.46. The zero-order chi connectivity index (χ0) is 25.5. The molecule has 2 rings (SSSR count). The topological polar surface area (TPSA) is 96.0 Å². The molecule has 10 heteroatoms. The van der Waals surface area contributed by atoms with Gasteiger partial charge in [0.05, 0.1) is 19.1 Å². The van der Waals surface area contributed by atoms with E-state index in [1.54, 1.807) is 6.07 Å². The van der Waals surface area contributed by atoms with Crippen molar-refractivity contribution >= 4 is 39.1 Å². The molecule has 1 N–H and O–H groups in total. The highest BCUT2D eigenvalue weighted by atomic mass is 35.5. The van der Waals surface area contributed by atoms with E-state index in [9.17, 15) is 18.0 Å². The fraction of sp³-hybridized carbons (Fsp3) is 0.417. The van der Waals surface area contributed by atoms with Crippen molar-refractivity contribution in [2.75, 3.05) is 24.2 Å². The first-order valence-electron chi connectivity index (χ1n) is 10.9. The summed E-state index contributed by atoms with van der Waals surface area (Å²) in [7, 11) is -2.49. The summed E-state index contributed by atoms with van der Waals surface area (Å²) in [4.78, 5) is 28.0. The lowest BCUT2D eigenvalue weighted by Gasteiger charge is -2.33. The third kappa shape index (κ3) is 7.36. The number of nitrogens with zero attached hydrogens (tertiary/aromatic N) is 2. The monoisotopic (exact) mass is 509 g/mol. The molecule has 0 bridgehead atoms. The second-order valence-electron chi connectivity index (χ2n) is 8.18. The maximum absolute atomic E-state index is 13.6. The molecule has 1 atom stereocenters. The Balaban J connectivity index is 2.49. The van der Waals surface area contributed by atoms with Crippen LogP contribution in [0.1, 0.15) is 32.8 Å². The molecule has 0 radical (unpaired) electrons. The van der Waals surface area contributed by atoms with E-state index in [0.717, 1.165) is 16.1 Å². The van der Waals surface area contributed by atoms with E-state index in [2.05, 4.69) is 5.32 Å². The number of rotatable bonds is 11. The largest absolute Gasteiger partial charge is 0.495 e. The smallest absolute Gasteiger partial charge is 0.244 e. The van der Waals surface area contributed by atoms with E-state index in [4.69, 9.17) is 16.3 Å². The van der Waals surface area contributed by atoms with Crippen LogP contribution in [0.3, 0.4) is 0 Å². The number of sulfonamides is 1. The van der Waals surface area contributed by atoms with Crippen LogP contribution in [0.4, 0.5) is 5.69 Å². The van der Waals surface area contributed by atoms with Crippen LogP contribution in [-0.2, 0) is 26.2 Å². The normalized spacial score (nSPS) is 12.2. The van der Waals surface area contributed by atoms with Crippen LogP contribution in [0.15, 0.2) is 48.5 Å². The van der Waals surface area contributed by atoms with E-state index in [1.807, 2.05) is 51.1 Å². The van der Waals surface area contributed by atoms with Crippen molar-refractivity contribution in [3.63, 3.8) is 0 Å². The van der Waals surface area contributed by atoms with Crippen LogP contribution in [0, 0.1) is 0 Å². The van der Waals surface area contributed by atoms with Gasteiger partial charge in [0.1, 0.15) is 18.3 Å². The molecule has 186 valence electrons. The van der Waals surface area contributed by atoms with Gasteiger partial charge in [0.2, 0.25) is 21.8 Å². The summed E-state index contributed by atoms with van der Waals surface area (Å²) in [5.41, 5.74) is 0.961. The molecular weight excluding hydrogens is 478 g/mol. The molecule has 0 saturated heterocycles. The first-order valence-corrected chi connectivity index (χ1v) is 13.2. The SMILES string of the molecule is CC[C@@H](C(=O)NC(C)C)N(Cc1ccccc1)C(=O)CN(c1cc(Cl)ccc1OC)S(C)(=O)=O. The Labute approximate surface area is 206 Å². The van der Waals surface area contributed by atoms with Crippen molar-refractivity contribution in [1.82, 2.24) is 10.2 Å². The maximum atomic E-state index is 13.6. The number of halogens is 1. The average Bonchev–Trinajstić information content (AvgIpc) is 2.76. The summed E-state index contributed by atoms with van der Waals surface area (Å²) >= 11 is 6.11. The number of benzene rings is 2. The molecule has 8 nitrogen and oxygen atoms in total. The number of hydrogen-bond donors (Lipinski definition) is 1. The van der Waals surface area contributed by atoms with Gasteiger partial charge in [-0.1, -0.05) is 48.9 Å². The van der Waals surface area contributed by atoms with Crippen LogP contribution in [-0.4, -0.2) is 57.1 Å². The molecule has 0 saturated carbocycles. The number of carbonyl (C=O) groups excluding carboxylic acids is 2. The molecule has 2 aromatic rings. The van der Waals surface area contributed by atoms with Gasteiger partial charge in [-0.25, -0.2) is 8.42 Å². The molecule has 0 heterocycles. The molecule has 0 aliphatic heterocycles. The van der Waals surface area contributed by atoms with E-state index < -0.39 is 28.5 Å². The second-order valence-corrected chi connectivity index (χ2v) is 10.5. The lowest BCUT2D eigenvalue weighted by atomic mass is 10.1. The minimum Gasteiger partial charge on any atom is -0.495 e. The minimum atomic E-state index is -3.89. The van der Waals surface area contributed by atoms with Crippen molar-refractivity contribution in [2.24, 2.45) is 0 Å². The molecule has 0 aliphatic rings. The average molecular weight is 510 g/mol. The Bertz CT molecular complexity index is 1090. The molecular formula is C24H32ClN3O5S. The van der Waals surface area contributed by atoms with Crippen LogP contribution in [0.5, 0.6) is 5.75 Å². The molecule has 0 unspecified atom stereocenters. The molecule has 2 aromatic carbocycles. The highest BCUT2D eigenvalue weighted by Gasteiger charge is 2.32. The highest BCUT2D eigenvalue weighted by molar-refractivity contribution is 7.92. The van der Waals surface area contributed by atoms with Gasteiger partial charge in [0.15, 0.2) is 0 Å². The van der Waals surface area contributed by atoms with Gasteiger partial charge in [-0.05, 0) is 44.0 Å². The van der Waals surface area contributed by atoms with Gasteiger partial charge in [0.25, 0.3) is 0 Å². The first kappa shape index (κ1) is 27.5. The summed E-state index contributed by atoms with van der Waals surface area (Å²) in [5, 5.41) is 3.15. The van der Waals surface area contributed by atoms with Crippen molar-refractivity contribution in [2.45, 2.75) is 45.8 Å². The van der Waals surface area contributed by atoms with E-state index in [1.165, 1.54) is 24.1 Å². The van der Waals surface area contributed by atoms with Crippen LogP contribution in [0.2, 0.25) is 5.02 Å². The summed E-state index contributed by atoms with van der Waals surface area (Å²) in [6.07, 6.45) is 1.36. The lowest BCUT2D eigenvalue weighted by molar-refractivity contribution is -0.140. The number of anilines is 1. The number of methoxy groups -OCH3 is 1. The predicted molar refractivity (Wildman–Crippen MR) is 135 cm³/mol. The first-order chi connectivity index (χ1) is 16.0. The zero-order valence-electron chi connectivity index (χ0n) is 20.1. The Morgan fingerprint density at radius 1 is 1.12 bits per heavy atom. The van der Waals surface area contributed by atoms with Gasteiger partial charge in [-0.3, -0.25) is 13.9 Å². The molecule has 0 aromatic heterocycles. The third-order valence-electron chi connectivity index (χ3n) is 5.10. The van der Waals surface area contributed by atoms with Gasteiger partial charge < -0.3 is 15.0 Å². The lowest BCUT2D eigenvalue weighted by Crippen LogP contribution is -2.53. The van der Waals surface area contributed by atoms with Crippen molar-refractivity contribution in [3.05, 3.63) is 59.1 Å². The molecule has 0 spiro atoms. The fourth-order valence-electron chi connectivity index (χ4n) is 3.53. The Morgan fingerprint density at radius 3 is 2.29 bits per heavy atom. The summed E-state index contributed by atoms with van der Waals surface area (Å²) in [5.74, 6) is -0.572. The van der Waals surface area contributed by atoms with Crippen LogP contribution >= 0.6 is 11.6 Å². The Morgan fingerprint density at radius 2 is 1.76 bits per heavy atom. The highest BCUT2D eigenvalue weighted by Crippen LogP contribution is 2.33. The second kappa shape index (κ2) is 12.1. The van der Waals surface area contributed by atoms with Crippen molar-refractivity contribution in [1.29, 1.82) is 0 Å². The number of hydrogen-bond acceptors (Lipinski definition) is 5. The molecule has 2 amide bonds. The standard InChI is InChI=1S/C24H32ClN3O5S/c1-6-20(24(30)26-17(2)3)27(15-18-10-8-7-9-11-18)23(29)16-28(34(5,31)32)21-14-19(25)12-13-22(21)33-4/h7-14,17,20H,6,15-16H2,1-5H3,(H,26,30)/t20-/m0/s1. The summed E-state index contributed by atoms with van der Waals surface area (Å²) in [6.45, 7) is 5.11. The van der Waals surface area contributed by atoms with E-state index in [0.29, 0.717) is 11.4 Å². The van der Waals surface area contributed by atoms with E-state index >= 15 is 0 Å². The Hall–Kier alpha value is -2.78. The summed E-state index contributed by atoms with van der Waals surface area (Å²) < 4.78 is 31.7. The summed E-state index contributed by atoms with van der Waals surface area (Å²) in [6, 6.07) is 12.9. The van der Waals surface area contributed by atoms with Crippen LogP contribution in [0.25, 0.3) is 0 Å². The predicted octanol–water partition coefficient (Wildman–Crippen LogP) is 3.45. The van der Waals surface area contributed by atoms with Gasteiger partial charge >= 0.3 is 0 Å². The number of amides is 2. The molecule has 0 aliphatic carbocycles. The van der Waals surface area contributed by atoms with Crippen LogP contribution < -0.4 is 14.4 Å². The number of ether oxygens (including phenoxy) is 1. The Kier molecular flexibility index (Phi) is 9.76. The number of nitrogens with one attached hydrogen (secondary N) is 1. The van der Waals surface area contributed by atoms with E-state index in [-0.39, 0.29) is 29.9 Å². The molecule has 0 fully saturated rings. The maximum Gasteiger partial charge on any atom is 0.244 e. The number of carbonyl (C=O) groups is 2. The van der Waals surface area contributed by atoms with Gasteiger partial charge in [-0.2, -0.15) is 0 Å². The molecule has 34 heavy (non-hydrogen) atoms. The van der Waals surface area contributed by atoms with Gasteiger partial charge in [-0.15, -0.1) is 0 Å². The quantitative estimate of drug-likeness (QED) is 0.500. The minimum absolute atomic E-state index is 0.113. The zero-order valence-corrected chi connectivity index (χ0v) is 21.7. The fourth-order valence-corrected chi connectivity index (χ4v) is 4.54. The van der Waals surface area contributed by atoms with Crippen molar-refractivity contribution < 1.29 is 22.7 Å².